The number of hydrogen-bond donors (Lipinski definition) is 1. The molecule has 1 aliphatic carbocycles. The van der Waals surface area contributed by atoms with Crippen LogP contribution in [0, 0.1) is 5.92 Å². The van der Waals surface area contributed by atoms with Gasteiger partial charge in [0.25, 0.3) is 5.89 Å². The van der Waals surface area contributed by atoms with E-state index in [2.05, 4.69) is 32.1 Å². The second kappa shape index (κ2) is 9.60. The molecule has 2 aliphatic rings. The van der Waals surface area contributed by atoms with Crippen LogP contribution in [-0.2, 0) is 21.5 Å². The molecule has 0 aromatic carbocycles. The lowest BCUT2D eigenvalue weighted by atomic mass is 9.77. The predicted octanol–water partition coefficient (Wildman–Crippen LogP) is 2.33. The molecule has 0 bridgehead atoms. The van der Waals surface area contributed by atoms with Gasteiger partial charge in [0.1, 0.15) is 6.54 Å². The van der Waals surface area contributed by atoms with Gasteiger partial charge in [0.2, 0.25) is 11.9 Å². The van der Waals surface area contributed by atoms with Crippen molar-refractivity contribution in [3.63, 3.8) is 0 Å². The maximum atomic E-state index is 12.7. The lowest BCUT2D eigenvalue weighted by molar-refractivity contribution is -0.131. The van der Waals surface area contributed by atoms with Crippen molar-refractivity contribution < 1.29 is 14.1 Å². The Bertz CT molecular complexity index is 1430. The van der Waals surface area contributed by atoms with Crippen molar-refractivity contribution >= 4 is 11.9 Å². The Hall–Kier alpha value is -4.19. The fourth-order valence-corrected chi connectivity index (χ4v) is 5.05. The molecule has 1 amide bonds. The molecule has 0 radical (unpaired) electrons. The van der Waals surface area contributed by atoms with E-state index < -0.39 is 5.41 Å². The van der Waals surface area contributed by atoms with Crippen LogP contribution < -0.4 is 5.73 Å². The maximum absolute atomic E-state index is 12.7. The van der Waals surface area contributed by atoms with Crippen LogP contribution in [0.15, 0.2) is 47.6 Å². The maximum Gasteiger partial charge on any atom is 0.261 e. The van der Waals surface area contributed by atoms with E-state index in [9.17, 15) is 4.79 Å². The number of anilines is 1. The molecule has 2 fully saturated rings. The summed E-state index contributed by atoms with van der Waals surface area (Å²) in [6.45, 7) is 3.59. The number of ether oxygens (including phenoxy) is 1. The molecular formula is C26H29N9O3. The lowest BCUT2D eigenvalue weighted by Gasteiger charge is -2.26. The first-order valence-electron chi connectivity index (χ1n) is 12.7. The van der Waals surface area contributed by atoms with Gasteiger partial charge < -0.3 is 19.9 Å². The summed E-state index contributed by atoms with van der Waals surface area (Å²) in [5, 5.41) is 8.72. The highest BCUT2D eigenvalue weighted by Gasteiger charge is 2.47. The second-order valence-corrected chi connectivity index (χ2v) is 10.1. The smallest absolute Gasteiger partial charge is 0.261 e. The summed E-state index contributed by atoms with van der Waals surface area (Å²) in [5.74, 6) is 1.59. The van der Waals surface area contributed by atoms with Crippen molar-refractivity contribution in [3.05, 3.63) is 54.5 Å². The number of rotatable bonds is 8. The number of nitrogen functional groups attached to an aromatic ring is 1. The fraction of sp³-hybridized carbons (Fsp3) is 0.423. The highest BCUT2D eigenvalue weighted by Crippen LogP contribution is 2.50. The largest absolute Gasteiger partial charge is 0.380 e. The number of carbonyl (C=O) groups excluding carboxylic acids is 1. The van der Waals surface area contributed by atoms with Crippen molar-refractivity contribution in [1.29, 1.82) is 0 Å². The van der Waals surface area contributed by atoms with Gasteiger partial charge >= 0.3 is 0 Å². The molecule has 2 atom stereocenters. The Balaban J connectivity index is 1.20. The molecule has 1 saturated carbocycles. The minimum absolute atomic E-state index is 0.00760. The molecule has 1 saturated heterocycles. The first-order chi connectivity index (χ1) is 18.4. The van der Waals surface area contributed by atoms with Gasteiger partial charge in [-0.3, -0.25) is 14.5 Å². The fourth-order valence-electron chi connectivity index (χ4n) is 5.05. The average molecular weight is 516 g/mol. The average Bonchev–Trinajstić information content (AvgIpc) is 3.31. The molecule has 1 aliphatic heterocycles. The number of aromatic nitrogens is 7. The summed E-state index contributed by atoms with van der Waals surface area (Å²) in [7, 11) is 1.67. The Morgan fingerprint density at radius 3 is 2.63 bits per heavy atom. The Morgan fingerprint density at radius 2 is 1.95 bits per heavy atom. The van der Waals surface area contributed by atoms with Crippen molar-refractivity contribution in [1.82, 2.24) is 39.8 Å². The van der Waals surface area contributed by atoms with Gasteiger partial charge in [-0.15, -0.1) is 0 Å². The van der Waals surface area contributed by atoms with Crippen molar-refractivity contribution in [2.24, 2.45) is 5.92 Å². The molecule has 2 N–H and O–H groups in total. The normalized spacial score (nSPS) is 19.0. The van der Waals surface area contributed by atoms with Gasteiger partial charge in [-0.05, 0) is 43.7 Å². The van der Waals surface area contributed by atoms with Gasteiger partial charge in [0.15, 0.2) is 5.82 Å². The lowest BCUT2D eigenvalue weighted by Crippen LogP contribution is -2.33. The third-order valence-electron chi connectivity index (χ3n) is 7.62. The first-order valence-corrected chi connectivity index (χ1v) is 12.7. The van der Waals surface area contributed by atoms with Crippen molar-refractivity contribution in [2.75, 3.05) is 25.9 Å². The minimum Gasteiger partial charge on any atom is -0.380 e. The molecule has 196 valence electrons. The monoisotopic (exact) mass is 515 g/mol. The third kappa shape index (κ3) is 4.51. The molecule has 4 aromatic rings. The first kappa shape index (κ1) is 24.2. The highest BCUT2D eigenvalue weighted by atomic mass is 16.5. The van der Waals surface area contributed by atoms with Crippen LogP contribution in [0.2, 0.25) is 0 Å². The number of pyridine rings is 1. The molecule has 0 unspecified atom stereocenters. The van der Waals surface area contributed by atoms with E-state index in [0.29, 0.717) is 36.3 Å². The standard InChI is InChI=1S/C26H29N9O3/c1-26(18-3-4-18,19-5-6-21(28-12-19)16-9-29-25(27)30-10-16)24-32-23(38-33-24)17-11-31-35(13-17)15-22(36)34-8-7-20(14-34)37-2/h5-6,9-13,18,20H,3-4,7-8,14-15H2,1-2H3,(H2,27,29,30)/t20-,26+/m0/s1. The summed E-state index contributed by atoms with van der Waals surface area (Å²) >= 11 is 0. The summed E-state index contributed by atoms with van der Waals surface area (Å²) in [5.41, 5.74) is 8.37. The number of hydrogen-bond acceptors (Lipinski definition) is 10. The van der Waals surface area contributed by atoms with Crippen molar-refractivity contribution in [3.8, 4) is 22.7 Å². The number of likely N-dealkylation sites (tertiary alicyclic amines) is 1. The molecule has 5 heterocycles. The highest BCUT2D eigenvalue weighted by molar-refractivity contribution is 5.76. The van der Waals surface area contributed by atoms with Crippen LogP contribution in [-0.4, -0.2) is 72.0 Å². The Labute approximate surface area is 219 Å². The molecule has 6 rings (SSSR count). The Morgan fingerprint density at radius 1 is 1.13 bits per heavy atom. The zero-order chi connectivity index (χ0) is 26.3. The number of nitrogens with two attached hydrogens (primary N) is 1. The second-order valence-electron chi connectivity index (χ2n) is 10.1. The quantitative estimate of drug-likeness (QED) is 0.370. The predicted molar refractivity (Wildman–Crippen MR) is 136 cm³/mol. The van der Waals surface area contributed by atoms with E-state index >= 15 is 0 Å². The van der Waals surface area contributed by atoms with Crippen LogP contribution >= 0.6 is 0 Å². The zero-order valence-electron chi connectivity index (χ0n) is 21.3. The van der Waals surface area contributed by atoms with Crippen LogP contribution in [0.3, 0.4) is 0 Å². The zero-order valence-corrected chi connectivity index (χ0v) is 21.3. The summed E-state index contributed by atoms with van der Waals surface area (Å²) in [6.07, 6.45) is 11.7. The van der Waals surface area contributed by atoms with Gasteiger partial charge in [-0.2, -0.15) is 10.1 Å². The van der Waals surface area contributed by atoms with Gasteiger partial charge in [-0.1, -0.05) is 11.2 Å². The SMILES string of the molecule is CO[C@H]1CCN(C(=O)Cn2cc(-c3nc([C@@](C)(c4ccc(-c5cnc(N)nc5)nc4)C4CC4)no3)cn2)C1. The van der Waals surface area contributed by atoms with Crippen LogP contribution in [0.1, 0.15) is 37.6 Å². The van der Waals surface area contributed by atoms with Crippen molar-refractivity contribution in [2.45, 2.75) is 44.2 Å². The molecule has 0 spiro atoms. The number of amides is 1. The number of methoxy groups -OCH3 is 1. The minimum atomic E-state index is -0.454. The van der Waals surface area contributed by atoms with E-state index in [0.717, 1.165) is 36.1 Å². The third-order valence-corrected chi connectivity index (χ3v) is 7.62. The summed E-state index contributed by atoms with van der Waals surface area (Å²) in [6, 6.07) is 3.99. The van der Waals surface area contributed by atoms with Gasteiger partial charge in [0.05, 0.1) is 29.0 Å². The Kier molecular flexibility index (Phi) is 6.10. The van der Waals surface area contributed by atoms with Crippen LogP contribution in [0.5, 0.6) is 0 Å². The molecule has 12 nitrogen and oxygen atoms in total. The van der Waals surface area contributed by atoms with E-state index in [1.54, 1.807) is 41.5 Å². The molecule has 38 heavy (non-hydrogen) atoms. The van der Waals surface area contributed by atoms with Crippen LogP contribution in [0.25, 0.3) is 22.7 Å². The molecular weight excluding hydrogens is 486 g/mol. The van der Waals surface area contributed by atoms with Gasteiger partial charge in [0, 0.05) is 50.6 Å². The van der Waals surface area contributed by atoms with E-state index in [4.69, 9.17) is 20.0 Å². The summed E-state index contributed by atoms with van der Waals surface area (Å²) < 4.78 is 12.6. The van der Waals surface area contributed by atoms with Crippen LogP contribution in [0.4, 0.5) is 5.95 Å². The van der Waals surface area contributed by atoms with E-state index in [1.807, 2.05) is 18.3 Å². The topological polar surface area (TPSA) is 151 Å². The van der Waals surface area contributed by atoms with E-state index in [-0.39, 0.29) is 24.5 Å². The number of nitrogens with zero attached hydrogens (tertiary/aromatic N) is 8. The number of carbonyl (C=O) groups is 1. The summed E-state index contributed by atoms with van der Waals surface area (Å²) in [4.78, 5) is 32.0. The molecule has 4 aromatic heterocycles. The molecule has 12 heteroatoms. The van der Waals surface area contributed by atoms with E-state index in [1.165, 1.54) is 0 Å². The van der Waals surface area contributed by atoms with Gasteiger partial charge in [-0.25, -0.2) is 9.97 Å².